The Morgan fingerprint density at radius 2 is 1.72 bits per heavy atom. The number of aromatic nitrogens is 1. The number of halogens is 1. The summed E-state index contributed by atoms with van der Waals surface area (Å²) in [6.45, 7) is 0. The fraction of sp³-hybridized carbons (Fsp3) is 0. The van der Waals surface area contributed by atoms with E-state index < -0.39 is 11.9 Å². The Labute approximate surface area is 210 Å². The minimum absolute atomic E-state index is 0.0905. The first-order valence-electron chi connectivity index (χ1n) is 10.9. The van der Waals surface area contributed by atoms with Crippen LogP contribution in [-0.2, 0) is 0 Å². The molecule has 1 amide bonds. The minimum atomic E-state index is -1.07. The number of furan rings is 1. The van der Waals surface area contributed by atoms with Gasteiger partial charge in [-0.05, 0) is 42.5 Å². The van der Waals surface area contributed by atoms with Crippen molar-refractivity contribution in [2.45, 2.75) is 0 Å². The summed E-state index contributed by atoms with van der Waals surface area (Å²) in [5, 5.41) is 14.3. The second-order valence-corrected chi connectivity index (χ2v) is 8.25. The number of hydrogen-bond acceptors (Lipinski definition) is 5. The Morgan fingerprint density at radius 3 is 2.53 bits per heavy atom. The maximum absolute atomic E-state index is 13.0. The van der Waals surface area contributed by atoms with Gasteiger partial charge in [0.2, 0.25) is 0 Å². The van der Waals surface area contributed by atoms with Crippen molar-refractivity contribution in [3.63, 3.8) is 0 Å². The summed E-state index contributed by atoms with van der Waals surface area (Å²) in [5.74, 6) is -0.732. The smallest absolute Gasteiger partial charge is 0.335 e. The molecule has 2 N–H and O–H groups in total. The summed E-state index contributed by atoms with van der Waals surface area (Å²) in [6, 6.07) is 26.4. The van der Waals surface area contributed by atoms with Gasteiger partial charge in [-0.25, -0.2) is 15.2 Å². The minimum Gasteiger partial charge on any atom is -0.478 e. The number of hydrogen-bond donors (Lipinski definition) is 2. The van der Waals surface area contributed by atoms with Crippen LogP contribution in [0.5, 0.6) is 0 Å². The van der Waals surface area contributed by atoms with Crippen LogP contribution in [0.4, 0.5) is 0 Å². The van der Waals surface area contributed by atoms with Crippen molar-refractivity contribution < 1.29 is 19.1 Å². The molecule has 0 atom stereocenters. The number of amides is 1. The molecule has 0 radical (unpaired) electrons. The zero-order valence-corrected chi connectivity index (χ0v) is 19.4. The molecule has 7 nitrogen and oxygen atoms in total. The van der Waals surface area contributed by atoms with Gasteiger partial charge in [-0.1, -0.05) is 60.1 Å². The predicted molar refractivity (Wildman–Crippen MR) is 138 cm³/mol. The molecule has 36 heavy (non-hydrogen) atoms. The number of benzene rings is 3. The lowest BCUT2D eigenvalue weighted by Gasteiger charge is -2.09. The number of rotatable bonds is 6. The topological polar surface area (TPSA) is 105 Å². The van der Waals surface area contributed by atoms with E-state index in [4.69, 9.17) is 21.0 Å². The average molecular weight is 496 g/mol. The highest BCUT2D eigenvalue weighted by Gasteiger charge is 2.14. The number of fused-ring (bicyclic) bond motifs is 1. The molecule has 0 aliphatic rings. The van der Waals surface area contributed by atoms with Crippen molar-refractivity contribution in [3.05, 3.63) is 113 Å². The van der Waals surface area contributed by atoms with Crippen molar-refractivity contribution in [2.24, 2.45) is 5.10 Å². The number of para-hydroxylation sites is 1. The van der Waals surface area contributed by atoms with Gasteiger partial charge >= 0.3 is 5.97 Å². The van der Waals surface area contributed by atoms with Crippen LogP contribution in [0, 0.1) is 0 Å². The standard InChI is InChI=1S/C28H18ClN3O4/c29-23-12-10-18(28(34)35)14-22(23)26-13-11-19(36-26)16-30-32-27(33)21-15-25(17-6-2-1-3-7-17)31-24-9-5-4-8-20(21)24/h1-16H,(H,32,33)(H,34,35)/b30-16+. The zero-order valence-electron chi connectivity index (χ0n) is 18.7. The van der Waals surface area contributed by atoms with Gasteiger partial charge in [0.05, 0.1) is 33.6 Å². The molecule has 5 aromatic rings. The molecule has 3 aromatic carbocycles. The fourth-order valence-corrected chi connectivity index (χ4v) is 3.96. The Kier molecular flexibility index (Phi) is 6.30. The molecule has 8 heteroatoms. The first-order chi connectivity index (χ1) is 17.5. The van der Waals surface area contributed by atoms with Crippen molar-refractivity contribution in [2.75, 3.05) is 0 Å². The number of nitrogens with one attached hydrogen (secondary N) is 1. The van der Waals surface area contributed by atoms with Gasteiger partial charge in [0.15, 0.2) is 0 Å². The lowest BCUT2D eigenvalue weighted by atomic mass is 10.0. The molecule has 5 rings (SSSR count). The fourth-order valence-electron chi connectivity index (χ4n) is 3.75. The van der Waals surface area contributed by atoms with Crippen LogP contribution in [0.25, 0.3) is 33.5 Å². The lowest BCUT2D eigenvalue weighted by Crippen LogP contribution is -2.18. The predicted octanol–water partition coefficient (Wildman–Crippen LogP) is 6.28. The van der Waals surface area contributed by atoms with Crippen LogP contribution in [-0.4, -0.2) is 28.2 Å². The summed E-state index contributed by atoms with van der Waals surface area (Å²) >= 11 is 6.21. The quantitative estimate of drug-likeness (QED) is 0.213. The monoisotopic (exact) mass is 495 g/mol. The Balaban J connectivity index is 1.39. The van der Waals surface area contributed by atoms with Crippen LogP contribution in [0.15, 0.2) is 101 Å². The van der Waals surface area contributed by atoms with Crippen LogP contribution in [0.1, 0.15) is 26.5 Å². The van der Waals surface area contributed by atoms with Gasteiger partial charge in [-0.15, -0.1) is 0 Å². The SMILES string of the molecule is O=C(O)c1ccc(Cl)c(-c2ccc(/C=N/NC(=O)c3cc(-c4ccccc4)nc4ccccc34)o2)c1. The van der Waals surface area contributed by atoms with Gasteiger partial charge < -0.3 is 9.52 Å². The Hall–Kier alpha value is -4.75. The van der Waals surface area contributed by atoms with E-state index >= 15 is 0 Å². The van der Waals surface area contributed by atoms with E-state index in [1.54, 1.807) is 18.2 Å². The molecule has 0 saturated heterocycles. The van der Waals surface area contributed by atoms with Gasteiger partial charge in [-0.2, -0.15) is 5.10 Å². The van der Waals surface area contributed by atoms with Gasteiger partial charge in [0.25, 0.3) is 5.91 Å². The molecule has 176 valence electrons. The third-order valence-corrected chi connectivity index (χ3v) is 5.82. The van der Waals surface area contributed by atoms with E-state index in [-0.39, 0.29) is 5.56 Å². The van der Waals surface area contributed by atoms with Crippen molar-refractivity contribution in [1.82, 2.24) is 10.4 Å². The summed E-state index contributed by atoms with van der Waals surface area (Å²) in [7, 11) is 0. The second-order valence-electron chi connectivity index (χ2n) is 7.84. The Bertz CT molecular complexity index is 1630. The van der Waals surface area contributed by atoms with Crippen molar-refractivity contribution in [3.8, 4) is 22.6 Å². The number of pyridine rings is 1. The van der Waals surface area contributed by atoms with Crippen LogP contribution >= 0.6 is 11.6 Å². The number of aromatic carboxylic acids is 1. The number of carboxylic acids is 1. The van der Waals surface area contributed by atoms with Crippen LogP contribution in [0.2, 0.25) is 5.02 Å². The third-order valence-electron chi connectivity index (χ3n) is 5.49. The highest BCUT2D eigenvalue weighted by molar-refractivity contribution is 6.33. The van der Waals surface area contributed by atoms with E-state index in [0.717, 1.165) is 5.56 Å². The molecule has 0 fully saturated rings. The number of carbonyl (C=O) groups is 2. The highest BCUT2D eigenvalue weighted by Crippen LogP contribution is 2.30. The molecule has 2 aromatic heterocycles. The lowest BCUT2D eigenvalue weighted by molar-refractivity contribution is 0.0696. The van der Waals surface area contributed by atoms with Gasteiger partial charge in [0, 0.05) is 16.5 Å². The highest BCUT2D eigenvalue weighted by atomic mass is 35.5. The third kappa shape index (κ3) is 4.73. The molecule has 0 aliphatic heterocycles. The van der Waals surface area contributed by atoms with Crippen molar-refractivity contribution in [1.29, 1.82) is 0 Å². The average Bonchev–Trinajstić information content (AvgIpc) is 3.37. The van der Waals surface area contributed by atoms with Crippen LogP contribution < -0.4 is 5.43 Å². The molecule has 0 spiro atoms. The molecule has 0 unspecified atom stereocenters. The molecule has 0 saturated carbocycles. The van der Waals surface area contributed by atoms with E-state index in [0.29, 0.717) is 44.3 Å². The first kappa shape index (κ1) is 23.0. The van der Waals surface area contributed by atoms with E-state index in [1.165, 1.54) is 24.4 Å². The van der Waals surface area contributed by atoms with E-state index in [1.807, 2.05) is 54.6 Å². The molecule has 0 aliphatic carbocycles. The molecular weight excluding hydrogens is 478 g/mol. The summed E-state index contributed by atoms with van der Waals surface area (Å²) < 4.78 is 5.73. The number of nitrogens with zero attached hydrogens (tertiary/aromatic N) is 2. The number of carboxylic acid groups (broad SMARTS) is 1. The van der Waals surface area contributed by atoms with Gasteiger partial charge in [-0.3, -0.25) is 4.79 Å². The zero-order chi connectivity index (χ0) is 25.1. The van der Waals surface area contributed by atoms with Gasteiger partial charge in [0.1, 0.15) is 11.5 Å². The van der Waals surface area contributed by atoms with E-state index in [9.17, 15) is 14.7 Å². The molecule has 0 bridgehead atoms. The summed E-state index contributed by atoms with van der Waals surface area (Å²) in [5.41, 5.74) is 5.79. The maximum atomic E-state index is 13.0. The number of hydrazone groups is 1. The second kappa shape index (κ2) is 9.85. The largest absolute Gasteiger partial charge is 0.478 e. The van der Waals surface area contributed by atoms with E-state index in [2.05, 4.69) is 10.5 Å². The first-order valence-corrected chi connectivity index (χ1v) is 11.3. The summed E-state index contributed by atoms with van der Waals surface area (Å²) in [4.78, 5) is 29.0. The maximum Gasteiger partial charge on any atom is 0.335 e. The number of carbonyl (C=O) groups excluding carboxylic acids is 1. The normalized spacial score (nSPS) is 11.1. The Morgan fingerprint density at radius 1 is 0.944 bits per heavy atom. The molecular formula is C28H18ClN3O4. The van der Waals surface area contributed by atoms with Crippen LogP contribution in [0.3, 0.4) is 0 Å². The molecule has 2 heterocycles. The van der Waals surface area contributed by atoms with Crippen molar-refractivity contribution >= 4 is 40.6 Å². The summed E-state index contributed by atoms with van der Waals surface area (Å²) in [6.07, 6.45) is 1.36.